The molecule has 1 saturated carbocycles. The highest BCUT2D eigenvalue weighted by Gasteiger charge is 2.35. The predicted octanol–water partition coefficient (Wildman–Crippen LogP) is 2.43. The van der Waals surface area contributed by atoms with Gasteiger partial charge < -0.3 is 10.2 Å². The van der Waals surface area contributed by atoms with Gasteiger partial charge in [0.2, 0.25) is 0 Å². The Kier molecular flexibility index (Phi) is 5.09. The Bertz CT molecular complexity index is 203. The van der Waals surface area contributed by atoms with E-state index in [2.05, 4.69) is 6.92 Å². The Morgan fingerprint density at radius 2 is 2.07 bits per heavy atom. The van der Waals surface area contributed by atoms with Crippen LogP contribution in [0.2, 0.25) is 0 Å². The van der Waals surface area contributed by atoms with Gasteiger partial charge >= 0.3 is 5.97 Å². The molecule has 0 aliphatic heterocycles. The monoisotopic (exact) mass is 214 g/mol. The SMILES string of the molecule is CCCCC[C@H]1C(O)CCC1CC(=O)O. The van der Waals surface area contributed by atoms with Gasteiger partial charge in [-0.1, -0.05) is 26.2 Å². The molecule has 15 heavy (non-hydrogen) atoms. The number of unbranched alkanes of at least 4 members (excludes halogenated alkanes) is 2. The first-order valence-corrected chi connectivity index (χ1v) is 6.05. The standard InChI is InChI=1S/C12H22O3/c1-2-3-4-5-10-9(8-12(14)15)6-7-11(10)13/h9-11,13H,2-8H2,1H3,(H,14,15)/t9?,10-,11?/m1/s1. The number of hydrogen-bond donors (Lipinski definition) is 2. The fourth-order valence-corrected chi connectivity index (χ4v) is 2.66. The summed E-state index contributed by atoms with van der Waals surface area (Å²) in [6.45, 7) is 2.15. The predicted molar refractivity (Wildman–Crippen MR) is 58.6 cm³/mol. The maximum Gasteiger partial charge on any atom is 0.303 e. The maximum absolute atomic E-state index is 10.7. The lowest BCUT2D eigenvalue weighted by atomic mass is 9.87. The highest BCUT2D eigenvalue weighted by Crippen LogP contribution is 2.37. The summed E-state index contributed by atoms with van der Waals surface area (Å²) in [5.74, 6) is -0.295. The molecule has 1 rings (SSSR count). The summed E-state index contributed by atoms with van der Waals surface area (Å²) in [6.07, 6.45) is 6.11. The first kappa shape index (κ1) is 12.5. The van der Waals surface area contributed by atoms with E-state index in [9.17, 15) is 9.90 Å². The van der Waals surface area contributed by atoms with E-state index in [0.29, 0.717) is 0 Å². The van der Waals surface area contributed by atoms with Gasteiger partial charge in [-0.05, 0) is 31.1 Å². The molecule has 2 N–H and O–H groups in total. The van der Waals surface area contributed by atoms with Crippen molar-refractivity contribution in [2.24, 2.45) is 11.8 Å². The summed E-state index contributed by atoms with van der Waals surface area (Å²) < 4.78 is 0. The van der Waals surface area contributed by atoms with Gasteiger partial charge in [-0.2, -0.15) is 0 Å². The lowest BCUT2D eigenvalue weighted by Crippen LogP contribution is -2.21. The van der Waals surface area contributed by atoms with Crippen molar-refractivity contribution in [1.82, 2.24) is 0 Å². The molecule has 1 aliphatic carbocycles. The fraction of sp³-hybridized carbons (Fsp3) is 0.917. The van der Waals surface area contributed by atoms with Crippen molar-refractivity contribution in [2.75, 3.05) is 0 Å². The molecule has 0 aromatic rings. The van der Waals surface area contributed by atoms with Gasteiger partial charge in [0.05, 0.1) is 6.10 Å². The number of aliphatic hydroxyl groups is 1. The second-order valence-corrected chi connectivity index (χ2v) is 4.66. The highest BCUT2D eigenvalue weighted by molar-refractivity contribution is 5.67. The molecule has 0 aromatic heterocycles. The van der Waals surface area contributed by atoms with Gasteiger partial charge in [-0.3, -0.25) is 4.79 Å². The minimum absolute atomic E-state index is 0.203. The lowest BCUT2D eigenvalue weighted by Gasteiger charge is -2.20. The van der Waals surface area contributed by atoms with E-state index in [-0.39, 0.29) is 24.4 Å². The summed E-state index contributed by atoms with van der Waals surface area (Å²) in [5, 5.41) is 18.5. The summed E-state index contributed by atoms with van der Waals surface area (Å²) in [4.78, 5) is 10.7. The van der Waals surface area contributed by atoms with Crippen molar-refractivity contribution >= 4 is 5.97 Å². The Labute approximate surface area is 91.5 Å². The molecule has 0 spiro atoms. The number of carboxylic acids is 1. The van der Waals surface area contributed by atoms with Crippen molar-refractivity contribution in [3.63, 3.8) is 0 Å². The van der Waals surface area contributed by atoms with Crippen LogP contribution < -0.4 is 0 Å². The molecule has 2 unspecified atom stereocenters. The van der Waals surface area contributed by atoms with Crippen molar-refractivity contribution < 1.29 is 15.0 Å². The van der Waals surface area contributed by atoms with Gasteiger partial charge in [0.15, 0.2) is 0 Å². The highest BCUT2D eigenvalue weighted by atomic mass is 16.4. The fourth-order valence-electron chi connectivity index (χ4n) is 2.66. The van der Waals surface area contributed by atoms with E-state index < -0.39 is 5.97 Å². The van der Waals surface area contributed by atoms with Crippen LogP contribution in [-0.2, 0) is 4.79 Å². The van der Waals surface area contributed by atoms with Gasteiger partial charge in [0.25, 0.3) is 0 Å². The summed E-state index contributed by atoms with van der Waals surface area (Å²) in [7, 11) is 0. The summed E-state index contributed by atoms with van der Waals surface area (Å²) in [5.41, 5.74) is 0. The number of aliphatic hydroxyl groups excluding tert-OH is 1. The third kappa shape index (κ3) is 3.82. The van der Waals surface area contributed by atoms with Crippen LogP contribution in [0.3, 0.4) is 0 Å². The van der Waals surface area contributed by atoms with E-state index in [0.717, 1.165) is 25.7 Å². The van der Waals surface area contributed by atoms with Crippen molar-refractivity contribution in [2.45, 2.75) is 58.0 Å². The van der Waals surface area contributed by atoms with E-state index in [1.165, 1.54) is 12.8 Å². The maximum atomic E-state index is 10.7. The molecule has 0 radical (unpaired) electrons. The molecule has 3 heteroatoms. The molecule has 0 aromatic carbocycles. The molecule has 0 heterocycles. The third-order valence-electron chi connectivity index (χ3n) is 3.51. The number of hydrogen-bond acceptors (Lipinski definition) is 2. The molecule has 0 bridgehead atoms. The first-order valence-electron chi connectivity index (χ1n) is 6.05. The smallest absolute Gasteiger partial charge is 0.303 e. The minimum Gasteiger partial charge on any atom is -0.481 e. The van der Waals surface area contributed by atoms with E-state index in [1.807, 2.05) is 0 Å². The molecule has 3 atom stereocenters. The van der Waals surface area contributed by atoms with Crippen LogP contribution in [0.25, 0.3) is 0 Å². The van der Waals surface area contributed by atoms with Crippen LogP contribution in [0.4, 0.5) is 0 Å². The zero-order valence-electron chi connectivity index (χ0n) is 9.48. The zero-order valence-corrected chi connectivity index (χ0v) is 9.48. The topological polar surface area (TPSA) is 57.5 Å². The second kappa shape index (κ2) is 6.11. The Hall–Kier alpha value is -0.570. The van der Waals surface area contributed by atoms with E-state index in [1.54, 1.807) is 0 Å². The largest absolute Gasteiger partial charge is 0.481 e. The number of aliphatic carboxylic acids is 1. The van der Waals surface area contributed by atoms with Crippen LogP contribution in [0.15, 0.2) is 0 Å². The molecule has 1 aliphatic rings. The molecular weight excluding hydrogens is 192 g/mol. The Balaban J connectivity index is 2.38. The number of rotatable bonds is 6. The number of carboxylic acid groups (broad SMARTS) is 1. The molecule has 3 nitrogen and oxygen atoms in total. The molecule has 0 amide bonds. The van der Waals surface area contributed by atoms with Crippen molar-refractivity contribution in [1.29, 1.82) is 0 Å². The van der Waals surface area contributed by atoms with E-state index >= 15 is 0 Å². The summed E-state index contributed by atoms with van der Waals surface area (Å²) in [6, 6.07) is 0. The zero-order chi connectivity index (χ0) is 11.3. The number of carbonyl (C=O) groups is 1. The molecule has 1 fully saturated rings. The van der Waals surface area contributed by atoms with Crippen LogP contribution >= 0.6 is 0 Å². The Morgan fingerprint density at radius 3 is 2.67 bits per heavy atom. The summed E-state index contributed by atoms with van der Waals surface area (Å²) >= 11 is 0. The lowest BCUT2D eigenvalue weighted by molar-refractivity contribution is -0.138. The average molecular weight is 214 g/mol. The minimum atomic E-state index is -0.727. The normalized spacial score (nSPS) is 30.7. The quantitative estimate of drug-likeness (QED) is 0.668. The second-order valence-electron chi connectivity index (χ2n) is 4.66. The van der Waals surface area contributed by atoms with Crippen LogP contribution in [-0.4, -0.2) is 22.3 Å². The van der Waals surface area contributed by atoms with Crippen molar-refractivity contribution in [3.05, 3.63) is 0 Å². The Morgan fingerprint density at radius 1 is 1.33 bits per heavy atom. The third-order valence-corrected chi connectivity index (χ3v) is 3.51. The molecule has 0 saturated heterocycles. The van der Waals surface area contributed by atoms with Gasteiger partial charge in [0.1, 0.15) is 0 Å². The van der Waals surface area contributed by atoms with E-state index in [4.69, 9.17) is 5.11 Å². The van der Waals surface area contributed by atoms with Crippen molar-refractivity contribution in [3.8, 4) is 0 Å². The van der Waals surface area contributed by atoms with Crippen LogP contribution in [0.5, 0.6) is 0 Å². The van der Waals surface area contributed by atoms with Gasteiger partial charge in [-0.15, -0.1) is 0 Å². The molecular formula is C12H22O3. The van der Waals surface area contributed by atoms with Crippen LogP contribution in [0, 0.1) is 11.8 Å². The van der Waals surface area contributed by atoms with Gasteiger partial charge in [0, 0.05) is 6.42 Å². The van der Waals surface area contributed by atoms with Gasteiger partial charge in [-0.25, -0.2) is 0 Å². The first-order chi connectivity index (χ1) is 7.15. The molecule has 88 valence electrons. The van der Waals surface area contributed by atoms with Crippen LogP contribution in [0.1, 0.15) is 51.9 Å². The average Bonchev–Trinajstić information content (AvgIpc) is 2.49.